The Morgan fingerprint density at radius 2 is 2.08 bits per heavy atom. The molecule has 5 heteroatoms. The lowest BCUT2D eigenvalue weighted by Crippen LogP contribution is -2.32. The van der Waals surface area contributed by atoms with Gasteiger partial charge in [-0.1, -0.05) is 0 Å². The first-order valence-electron chi connectivity index (χ1n) is 3.76. The summed E-state index contributed by atoms with van der Waals surface area (Å²) in [6.07, 6.45) is -0.191. The van der Waals surface area contributed by atoms with Crippen molar-refractivity contribution in [1.29, 1.82) is 0 Å². The molecule has 0 bridgehead atoms. The maximum atomic E-state index is 10.7. The van der Waals surface area contributed by atoms with E-state index in [0.29, 0.717) is 12.8 Å². The second-order valence-corrected chi connectivity index (χ2v) is 2.56. The first-order valence-corrected chi connectivity index (χ1v) is 3.76. The number of hydrogen-bond acceptors (Lipinski definition) is 2. The molecule has 0 heterocycles. The molecule has 2 amide bonds. The Balaban J connectivity index is 3.50. The standard InChI is InChI=1S/C7H14N2O3/c1-5(9-7(11)12)3-4-6(10)8-2/h5,9H,3-4H2,1-2H3,(H,8,10)(H,11,12). The van der Waals surface area contributed by atoms with Gasteiger partial charge in [-0.15, -0.1) is 0 Å². The van der Waals surface area contributed by atoms with Gasteiger partial charge in [-0.3, -0.25) is 4.79 Å². The van der Waals surface area contributed by atoms with E-state index in [1.54, 1.807) is 14.0 Å². The summed E-state index contributed by atoms with van der Waals surface area (Å²) in [4.78, 5) is 20.8. The Morgan fingerprint density at radius 1 is 1.50 bits per heavy atom. The number of amides is 2. The van der Waals surface area contributed by atoms with E-state index in [0.717, 1.165) is 0 Å². The van der Waals surface area contributed by atoms with Crippen LogP contribution in [0.2, 0.25) is 0 Å². The highest BCUT2D eigenvalue weighted by Crippen LogP contribution is 1.95. The molecule has 1 atom stereocenters. The zero-order valence-electron chi connectivity index (χ0n) is 7.26. The van der Waals surface area contributed by atoms with Crippen LogP contribution in [0.3, 0.4) is 0 Å². The maximum Gasteiger partial charge on any atom is 0.404 e. The molecule has 0 aromatic heterocycles. The quantitative estimate of drug-likeness (QED) is 0.568. The molecular formula is C7H14N2O3. The van der Waals surface area contributed by atoms with Crippen LogP contribution in [0.4, 0.5) is 4.79 Å². The molecule has 0 aromatic carbocycles. The smallest absolute Gasteiger partial charge is 0.404 e. The molecule has 0 saturated heterocycles. The summed E-state index contributed by atoms with van der Waals surface area (Å²) < 4.78 is 0. The van der Waals surface area contributed by atoms with Crippen LogP contribution in [0, 0.1) is 0 Å². The third-order valence-electron chi connectivity index (χ3n) is 1.45. The van der Waals surface area contributed by atoms with Crippen LogP contribution >= 0.6 is 0 Å². The average molecular weight is 174 g/mol. The molecular weight excluding hydrogens is 160 g/mol. The maximum absolute atomic E-state index is 10.7. The predicted molar refractivity (Wildman–Crippen MR) is 43.9 cm³/mol. The molecule has 0 rings (SSSR count). The van der Waals surface area contributed by atoms with Crippen molar-refractivity contribution in [3.63, 3.8) is 0 Å². The van der Waals surface area contributed by atoms with Gasteiger partial charge in [0.15, 0.2) is 0 Å². The third-order valence-corrected chi connectivity index (χ3v) is 1.45. The van der Waals surface area contributed by atoms with Gasteiger partial charge in [-0.2, -0.15) is 0 Å². The second kappa shape index (κ2) is 5.40. The number of carbonyl (C=O) groups excluding carboxylic acids is 1. The van der Waals surface area contributed by atoms with Crippen molar-refractivity contribution in [2.75, 3.05) is 7.05 Å². The lowest BCUT2D eigenvalue weighted by atomic mass is 10.2. The second-order valence-electron chi connectivity index (χ2n) is 2.56. The molecule has 0 saturated carbocycles. The normalized spacial score (nSPS) is 11.8. The number of rotatable bonds is 4. The zero-order valence-corrected chi connectivity index (χ0v) is 7.26. The van der Waals surface area contributed by atoms with Crippen molar-refractivity contribution in [1.82, 2.24) is 10.6 Å². The van der Waals surface area contributed by atoms with Crippen molar-refractivity contribution in [2.24, 2.45) is 0 Å². The zero-order chi connectivity index (χ0) is 9.56. The van der Waals surface area contributed by atoms with Crippen LogP contribution in [0.15, 0.2) is 0 Å². The summed E-state index contributed by atoms with van der Waals surface area (Å²) in [6.45, 7) is 1.72. The Morgan fingerprint density at radius 3 is 2.50 bits per heavy atom. The Hall–Kier alpha value is -1.26. The molecule has 0 fully saturated rings. The lowest BCUT2D eigenvalue weighted by molar-refractivity contribution is -0.120. The average Bonchev–Trinajstić information content (AvgIpc) is 1.99. The first kappa shape index (κ1) is 10.7. The van der Waals surface area contributed by atoms with E-state index < -0.39 is 6.09 Å². The SMILES string of the molecule is CNC(=O)CCC(C)NC(=O)O. The molecule has 0 aliphatic heterocycles. The molecule has 0 radical (unpaired) electrons. The summed E-state index contributed by atoms with van der Waals surface area (Å²) >= 11 is 0. The first-order chi connectivity index (χ1) is 5.56. The minimum Gasteiger partial charge on any atom is -0.465 e. The summed E-state index contributed by atoms with van der Waals surface area (Å²) in [6, 6.07) is -0.181. The van der Waals surface area contributed by atoms with E-state index in [9.17, 15) is 9.59 Å². The third kappa shape index (κ3) is 5.52. The molecule has 70 valence electrons. The molecule has 0 aliphatic carbocycles. The van der Waals surface area contributed by atoms with Gasteiger partial charge in [0.05, 0.1) is 0 Å². The van der Waals surface area contributed by atoms with Crippen molar-refractivity contribution in [3.8, 4) is 0 Å². The highest BCUT2D eigenvalue weighted by molar-refractivity contribution is 5.75. The van der Waals surface area contributed by atoms with E-state index in [2.05, 4.69) is 10.6 Å². The van der Waals surface area contributed by atoms with Crippen LogP contribution < -0.4 is 10.6 Å². The van der Waals surface area contributed by atoms with Crippen molar-refractivity contribution in [3.05, 3.63) is 0 Å². The number of carbonyl (C=O) groups is 2. The molecule has 1 unspecified atom stereocenters. The van der Waals surface area contributed by atoms with Crippen LogP contribution in [-0.2, 0) is 4.79 Å². The van der Waals surface area contributed by atoms with Gasteiger partial charge in [0, 0.05) is 19.5 Å². The van der Waals surface area contributed by atoms with Crippen LogP contribution in [0.25, 0.3) is 0 Å². The van der Waals surface area contributed by atoms with E-state index >= 15 is 0 Å². The van der Waals surface area contributed by atoms with Gasteiger partial charge in [-0.05, 0) is 13.3 Å². The molecule has 5 nitrogen and oxygen atoms in total. The lowest BCUT2D eigenvalue weighted by Gasteiger charge is -2.09. The van der Waals surface area contributed by atoms with Gasteiger partial charge in [0.1, 0.15) is 0 Å². The van der Waals surface area contributed by atoms with Gasteiger partial charge >= 0.3 is 6.09 Å². The molecule has 0 spiro atoms. The number of hydrogen-bond donors (Lipinski definition) is 3. The van der Waals surface area contributed by atoms with E-state index in [1.807, 2.05) is 0 Å². The Labute approximate surface area is 71.1 Å². The van der Waals surface area contributed by atoms with Gasteiger partial charge < -0.3 is 15.7 Å². The van der Waals surface area contributed by atoms with Gasteiger partial charge in [0.2, 0.25) is 5.91 Å². The highest BCUT2D eigenvalue weighted by Gasteiger charge is 2.06. The number of nitrogens with one attached hydrogen (secondary N) is 2. The topological polar surface area (TPSA) is 78.4 Å². The summed E-state index contributed by atoms with van der Waals surface area (Å²) in [7, 11) is 1.55. The van der Waals surface area contributed by atoms with Gasteiger partial charge in [0.25, 0.3) is 0 Å². The fourth-order valence-corrected chi connectivity index (χ4v) is 0.756. The summed E-state index contributed by atoms with van der Waals surface area (Å²) in [5.74, 6) is -0.0750. The van der Waals surface area contributed by atoms with Crippen molar-refractivity contribution >= 4 is 12.0 Å². The predicted octanol–water partition coefficient (Wildman–Crippen LogP) is 0.169. The Bertz CT molecular complexity index is 170. The van der Waals surface area contributed by atoms with Crippen LogP contribution in [0.1, 0.15) is 19.8 Å². The molecule has 12 heavy (non-hydrogen) atoms. The van der Waals surface area contributed by atoms with Crippen LogP contribution in [0.5, 0.6) is 0 Å². The number of carboxylic acid groups (broad SMARTS) is 1. The Kier molecular flexibility index (Phi) is 4.83. The monoisotopic (exact) mass is 174 g/mol. The molecule has 0 aromatic rings. The summed E-state index contributed by atoms with van der Waals surface area (Å²) in [5.41, 5.74) is 0. The van der Waals surface area contributed by atoms with Gasteiger partial charge in [-0.25, -0.2) is 4.79 Å². The van der Waals surface area contributed by atoms with E-state index in [1.165, 1.54) is 0 Å². The highest BCUT2D eigenvalue weighted by atomic mass is 16.4. The summed E-state index contributed by atoms with van der Waals surface area (Å²) in [5, 5.41) is 13.0. The minimum absolute atomic E-state index is 0.0750. The molecule has 0 aliphatic rings. The fraction of sp³-hybridized carbons (Fsp3) is 0.714. The van der Waals surface area contributed by atoms with E-state index in [-0.39, 0.29) is 11.9 Å². The van der Waals surface area contributed by atoms with E-state index in [4.69, 9.17) is 5.11 Å². The largest absolute Gasteiger partial charge is 0.465 e. The van der Waals surface area contributed by atoms with Crippen LogP contribution in [-0.4, -0.2) is 30.2 Å². The fourth-order valence-electron chi connectivity index (χ4n) is 0.756. The van der Waals surface area contributed by atoms with Crippen molar-refractivity contribution in [2.45, 2.75) is 25.8 Å². The molecule has 3 N–H and O–H groups in total. The minimum atomic E-state index is -1.06. The van der Waals surface area contributed by atoms with Crippen molar-refractivity contribution < 1.29 is 14.7 Å².